The highest BCUT2D eigenvalue weighted by Crippen LogP contribution is 2.51. The van der Waals surface area contributed by atoms with Crippen LogP contribution in [0.2, 0.25) is 0 Å². The SMILES string of the molecule is C=C1O[C@H]2[C@@H](F)[C@H](n3ccc(N)nc3=O)O[C@@]12CO. The average Bonchev–Trinajstić information content (AvgIpc) is 2.59. The van der Waals surface area contributed by atoms with Gasteiger partial charge in [0.1, 0.15) is 11.6 Å². The minimum atomic E-state index is -1.61. The predicted octanol–water partition coefficient (Wildman–Crippen LogP) is -0.664. The van der Waals surface area contributed by atoms with E-state index in [0.29, 0.717) is 0 Å². The van der Waals surface area contributed by atoms with Crippen molar-refractivity contribution < 1.29 is 19.0 Å². The first-order valence-corrected chi connectivity index (χ1v) is 5.63. The summed E-state index contributed by atoms with van der Waals surface area (Å²) in [4.78, 5) is 15.2. The highest BCUT2D eigenvalue weighted by atomic mass is 19.1. The summed E-state index contributed by atoms with van der Waals surface area (Å²) in [5.41, 5.74) is 3.35. The first kappa shape index (κ1) is 12.1. The van der Waals surface area contributed by atoms with E-state index in [9.17, 15) is 14.3 Å². The van der Waals surface area contributed by atoms with Crippen LogP contribution in [0.1, 0.15) is 6.23 Å². The molecule has 0 saturated carbocycles. The number of rotatable bonds is 2. The zero-order chi connectivity index (χ0) is 13.8. The van der Waals surface area contributed by atoms with Crippen LogP contribution >= 0.6 is 0 Å². The third-order valence-corrected chi connectivity index (χ3v) is 3.45. The summed E-state index contributed by atoms with van der Waals surface area (Å²) in [7, 11) is 0. The summed E-state index contributed by atoms with van der Waals surface area (Å²) in [5, 5.41) is 9.36. The van der Waals surface area contributed by atoms with Crippen molar-refractivity contribution in [3.63, 3.8) is 0 Å². The van der Waals surface area contributed by atoms with Gasteiger partial charge >= 0.3 is 5.69 Å². The van der Waals surface area contributed by atoms with Crippen LogP contribution in [0.3, 0.4) is 0 Å². The fraction of sp³-hybridized carbons (Fsp3) is 0.455. The normalized spacial score (nSPS) is 36.5. The van der Waals surface area contributed by atoms with Gasteiger partial charge in [-0.1, -0.05) is 6.58 Å². The lowest BCUT2D eigenvalue weighted by Crippen LogP contribution is -2.58. The number of alkyl halides is 1. The summed E-state index contributed by atoms with van der Waals surface area (Å²) < 4.78 is 25.7. The molecule has 7 nitrogen and oxygen atoms in total. The monoisotopic (exact) mass is 269 g/mol. The van der Waals surface area contributed by atoms with Crippen LogP contribution in [0.15, 0.2) is 29.4 Å². The third-order valence-electron chi connectivity index (χ3n) is 3.45. The Morgan fingerprint density at radius 1 is 1.68 bits per heavy atom. The fourth-order valence-corrected chi connectivity index (χ4v) is 2.38. The lowest BCUT2D eigenvalue weighted by molar-refractivity contribution is -0.194. The minimum Gasteiger partial charge on any atom is -0.485 e. The van der Waals surface area contributed by atoms with Crippen molar-refractivity contribution in [2.45, 2.75) is 24.1 Å². The van der Waals surface area contributed by atoms with E-state index >= 15 is 0 Å². The van der Waals surface area contributed by atoms with Crippen LogP contribution in [-0.4, -0.2) is 39.1 Å². The Balaban J connectivity index is 1.99. The molecule has 0 aromatic carbocycles. The van der Waals surface area contributed by atoms with Crippen molar-refractivity contribution in [1.82, 2.24) is 9.55 Å². The summed E-state index contributed by atoms with van der Waals surface area (Å²) in [6.45, 7) is 3.08. The van der Waals surface area contributed by atoms with Crippen LogP contribution in [0.5, 0.6) is 0 Å². The van der Waals surface area contributed by atoms with E-state index in [1.165, 1.54) is 12.3 Å². The first-order chi connectivity index (χ1) is 8.99. The van der Waals surface area contributed by atoms with Gasteiger partial charge in [0.05, 0.1) is 6.61 Å². The molecule has 2 fully saturated rings. The van der Waals surface area contributed by atoms with Crippen molar-refractivity contribution in [3.8, 4) is 0 Å². The lowest BCUT2D eigenvalue weighted by Gasteiger charge is -2.43. The van der Waals surface area contributed by atoms with E-state index in [1.54, 1.807) is 0 Å². The van der Waals surface area contributed by atoms with Gasteiger partial charge in [-0.25, -0.2) is 9.18 Å². The second-order valence-corrected chi connectivity index (χ2v) is 4.50. The average molecular weight is 269 g/mol. The maximum absolute atomic E-state index is 14.2. The van der Waals surface area contributed by atoms with E-state index in [-0.39, 0.29) is 11.6 Å². The van der Waals surface area contributed by atoms with Gasteiger partial charge in [0.25, 0.3) is 0 Å². The van der Waals surface area contributed by atoms with Gasteiger partial charge in [0.15, 0.2) is 24.1 Å². The molecule has 102 valence electrons. The molecule has 8 heteroatoms. The van der Waals surface area contributed by atoms with Crippen molar-refractivity contribution in [2.75, 3.05) is 12.3 Å². The molecule has 2 aliphatic heterocycles. The Morgan fingerprint density at radius 3 is 2.95 bits per heavy atom. The van der Waals surface area contributed by atoms with Gasteiger partial charge in [0, 0.05) is 6.20 Å². The largest absolute Gasteiger partial charge is 0.485 e. The van der Waals surface area contributed by atoms with Crippen LogP contribution in [0.25, 0.3) is 0 Å². The number of nitrogens with two attached hydrogens (primary N) is 1. The highest BCUT2D eigenvalue weighted by Gasteiger charge is 2.67. The fourth-order valence-electron chi connectivity index (χ4n) is 2.38. The summed E-state index contributed by atoms with van der Waals surface area (Å²) in [6.07, 6.45) is -2.52. The molecular weight excluding hydrogens is 257 g/mol. The zero-order valence-electron chi connectivity index (χ0n) is 9.82. The Bertz CT molecular complexity index is 604. The van der Waals surface area contributed by atoms with Crippen LogP contribution < -0.4 is 11.4 Å². The molecule has 0 radical (unpaired) electrons. The Morgan fingerprint density at radius 2 is 2.42 bits per heavy atom. The quantitative estimate of drug-likeness (QED) is 0.739. The van der Waals surface area contributed by atoms with Crippen LogP contribution in [-0.2, 0) is 9.47 Å². The van der Waals surface area contributed by atoms with Gasteiger partial charge < -0.3 is 20.3 Å². The van der Waals surface area contributed by atoms with Crippen LogP contribution in [0, 0.1) is 0 Å². The van der Waals surface area contributed by atoms with Crippen molar-refractivity contribution >= 4 is 5.82 Å². The van der Waals surface area contributed by atoms with Gasteiger partial charge in [-0.05, 0) is 6.07 Å². The van der Waals surface area contributed by atoms with Gasteiger partial charge in [0.2, 0.25) is 0 Å². The molecule has 0 amide bonds. The van der Waals surface area contributed by atoms with E-state index in [4.69, 9.17) is 15.2 Å². The molecule has 3 heterocycles. The van der Waals surface area contributed by atoms with Crippen molar-refractivity contribution in [3.05, 3.63) is 35.1 Å². The summed E-state index contributed by atoms with van der Waals surface area (Å²) in [5.74, 6) is 0.191. The van der Waals surface area contributed by atoms with E-state index in [2.05, 4.69) is 11.6 Å². The number of aromatic nitrogens is 2. The lowest BCUT2D eigenvalue weighted by atomic mass is 9.89. The molecule has 2 saturated heterocycles. The number of aliphatic hydroxyl groups excluding tert-OH is 1. The van der Waals surface area contributed by atoms with E-state index in [0.717, 1.165) is 4.57 Å². The predicted molar refractivity (Wildman–Crippen MR) is 61.8 cm³/mol. The number of anilines is 1. The molecule has 0 spiro atoms. The number of nitrogens with zero attached hydrogens (tertiary/aromatic N) is 2. The van der Waals surface area contributed by atoms with Gasteiger partial charge in [-0.3, -0.25) is 4.57 Å². The van der Waals surface area contributed by atoms with E-state index in [1.807, 2.05) is 0 Å². The Kier molecular flexibility index (Phi) is 2.41. The number of nitrogen functional groups attached to an aromatic ring is 1. The second kappa shape index (κ2) is 3.78. The number of aliphatic hydroxyl groups is 1. The third kappa shape index (κ3) is 1.44. The van der Waals surface area contributed by atoms with Gasteiger partial charge in [-0.2, -0.15) is 4.98 Å². The molecule has 1 aromatic rings. The molecule has 2 aliphatic rings. The van der Waals surface area contributed by atoms with Gasteiger partial charge in [-0.15, -0.1) is 0 Å². The van der Waals surface area contributed by atoms with E-state index < -0.39 is 36.4 Å². The molecule has 0 unspecified atom stereocenters. The molecule has 0 bridgehead atoms. The highest BCUT2D eigenvalue weighted by molar-refractivity contribution is 5.27. The number of hydrogen-bond donors (Lipinski definition) is 2. The number of fused-ring (bicyclic) bond motifs is 1. The number of halogens is 1. The summed E-state index contributed by atoms with van der Waals surface area (Å²) >= 11 is 0. The maximum Gasteiger partial charge on any atom is 0.351 e. The standard InChI is InChI=1S/C11H12FN3O4/c1-5-11(4-16)8(18-5)7(12)9(19-11)15-3-2-6(13)14-10(15)17/h2-3,7-9,16H,1,4H2,(H2,13,14,17)/t7-,8+,9-,11+/m1/s1. The molecule has 4 atom stereocenters. The first-order valence-electron chi connectivity index (χ1n) is 5.63. The molecule has 3 rings (SSSR count). The molecule has 0 aliphatic carbocycles. The maximum atomic E-state index is 14.2. The molecule has 3 N–H and O–H groups in total. The topological polar surface area (TPSA) is 99.6 Å². The van der Waals surface area contributed by atoms with Crippen LogP contribution in [0.4, 0.5) is 10.2 Å². The Labute approximate surface area is 107 Å². The Hall–Kier alpha value is -1.93. The smallest absolute Gasteiger partial charge is 0.351 e. The van der Waals surface area contributed by atoms with Crippen molar-refractivity contribution in [1.29, 1.82) is 0 Å². The van der Waals surface area contributed by atoms with Crippen molar-refractivity contribution in [2.24, 2.45) is 0 Å². The number of ether oxygens (including phenoxy) is 2. The molecular formula is C11H12FN3O4. The second-order valence-electron chi connectivity index (χ2n) is 4.50. The summed E-state index contributed by atoms with van der Waals surface area (Å²) in [6, 6.07) is 1.36. The zero-order valence-corrected chi connectivity index (χ0v) is 9.82. The molecule has 19 heavy (non-hydrogen) atoms. The minimum absolute atomic E-state index is 0.0372. The number of hydrogen-bond acceptors (Lipinski definition) is 6. The molecule has 1 aromatic heterocycles.